The van der Waals surface area contributed by atoms with Crippen LogP contribution in [0.25, 0.3) is 20.7 Å². The molecule has 2 fully saturated rings. The second kappa shape index (κ2) is 5.71. The summed E-state index contributed by atoms with van der Waals surface area (Å²) in [4.78, 5) is 12.7. The summed E-state index contributed by atoms with van der Waals surface area (Å²) < 4.78 is 27.3. The Morgan fingerprint density at radius 3 is 2.64 bits per heavy atom. The first kappa shape index (κ1) is 15.2. The molecule has 2 unspecified atom stereocenters. The number of nitrogens with zero attached hydrogens (tertiary/aromatic N) is 3. The van der Waals surface area contributed by atoms with E-state index in [1.54, 1.807) is 6.33 Å². The van der Waals surface area contributed by atoms with Gasteiger partial charge in [-0.25, -0.2) is 18.7 Å². The van der Waals surface area contributed by atoms with Gasteiger partial charge in [-0.05, 0) is 31.0 Å². The second-order valence-corrected chi connectivity index (χ2v) is 7.72. The van der Waals surface area contributed by atoms with Crippen molar-refractivity contribution in [2.45, 2.75) is 24.9 Å². The van der Waals surface area contributed by atoms with E-state index < -0.39 is 11.6 Å². The SMILES string of the molecule is Fc1ccc(-c2cc3c(N4CC5CCC(C4)N5)ncnc3s2)c(F)c1. The zero-order chi connectivity index (χ0) is 17.0. The molecule has 2 aliphatic rings. The molecule has 2 aromatic heterocycles. The topological polar surface area (TPSA) is 41.0 Å². The van der Waals surface area contributed by atoms with Crippen LogP contribution in [0.4, 0.5) is 14.6 Å². The van der Waals surface area contributed by atoms with E-state index in [9.17, 15) is 8.78 Å². The fourth-order valence-electron chi connectivity index (χ4n) is 3.89. The van der Waals surface area contributed by atoms with Crippen LogP contribution in [0.15, 0.2) is 30.6 Å². The maximum Gasteiger partial charge on any atom is 0.140 e. The van der Waals surface area contributed by atoms with Gasteiger partial charge in [-0.1, -0.05) is 0 Å². The average Bonchev–Trinajstić information content (AvgIpc) is 3.17. The molecule has 2 aliphatic heterocycles. The van der Waals surface area contributed by atoms with Crippen molar-refractivity contribution in [2.24, 2.45) is 0 Å². The first-order chi connectivity index (χ1) is 12.2. The number of rotatable bonds is 2. The van der Waals surface area contributed by atoms with E-state index >= 15 is 0 Å². The highest BCUT2D eigenvalue weighted by atomic mass is 32.1. The molecule has 0 spiro atoms. The van der Waals surface area contributed by atoms with E-state index in [0.717, 1.165) is 40.1 Å². The Morgan fingerprint density at radius 1 is 1.08 bits per heavy atom. The zero-order valence-corrected chi connectivity index (χ0v) is 14.2. The molecule has 1 aromatic carbocycles. The smallest absolute Gasteiger partial charge is 0.140 e. The van der Waals surface area contributed by atoms with Crippen LogP contribution in [0.3, 0.4) is 0 Å². The molecular weight excluding hydrogens is 342 g/mol. The monoisotopic (exact) mass is 358 g/mol. The van der Waals surface area contributed by atoms with Crippen molar-refractivity contribution in [3.63, 3.8) is 0 Å². The van der Waals surface area contributed by atoms with Crippen molar-refractivity contribution >= 4 is 27.4 Å². The molecule has 0 saturated carbocycles. The minimum atomic E-state index is -0.570. The van der Waals surface area contributed by atoms with Crippen molar-refractivity contribution in [3.8, 4) is 10.4 Å². The lowest BCUT2D eigenvalue weighted by Crippen LogP contribution is -2.51. The van der Waals surface area contributed by atoms with Crippen LogP contribution in [0.2, 0.25) is 0 Å². The molecule has 7 heteroatoms. The maximum atomic E-state index is 14.1. The lowest BCUT2D eigenvalue weighted by atomic mass is 10.1. The first-order valence-electron chi connectivity index (χ1n) is 8.38. The van der Waals surface area contributed by atoms with Gasteiger partial charge >= 0.3 is 0 Å². The fourth-order valence-corrected chi connectivity index (χ4v) is 4.91. The first-order valence-corrected chi connectivity index (χ1v) is 9.20. The molecule has 4 heterocycles. The van der Waals surface area contributed by atoms with E-state index in [4.69, 9.17) is 0 Å². The van der Waals surface area contributed by atoms with E-state index in [0.29, 0.717) is 17.6 Å². The summed E-state index contributed by atoms with van der Waals surface area (Å²) in [6, 6.07) is 6.63. The van der Waals surface area contributed by atoms with E-state index in [1.165, 1.54) is 36.3 Å². The number of hydrogen-bond donors (Lipinski definition) is 1. The van der Waals surface area contributed by atoms with Gasteiger partial charge in [0.25, 0.3) is 0 Å². The highest BCUT2D eigenvalue weighted by molar-refractivity contribution is 7.21. The standard InChI is InChI=1S/C18H16F2N4S/c19-10-1-4-13(15(20)5-10)16-6-14-17(21-9-22-18(14)25-16)24-7-11-2-3-12(8-24)23-11/h1,4-6,9,11-12,23H,2-3,7-8H2. The van der Waals surface area contributed by atoms with E-state index in [-0.39, 0.29) is 0 Å². The number of anilines is 1. The molecule has 0 radical (unpaired) electrons. The Hall–Kier alpha value is -2.12. The molecule has 25 heavy (non-hydrogen) atoms. The predicted octanol–water partition coefficient (Wildman–Crippen LogP) is 3.58. The summed E-state index contributed by atoms with van der Waals surface area (Å²) in [5.74, 6) is -0.214. The second-order valence-electron chi connectivity index (χ2n) is 6.69. The Balaban J connectivity index is 1.58. The normalized spacial score (nSPS) is 22.7. The largest absolute Gasteiger partial charge is 0.353 e. The molecule has 5 rings (SSSR count). The number of fused-ring (bicyclic) bond motifs is 3. The third-order valence-electron chi connectivity index (χ3n) is 5.02. The molecule has 2 bridgehead atoms. The van der Waals surface area contributed by atoms with Crippen LogP contribution in [-0.2, 0) is 0 Å². The van der Waals surface area contributed by atoms with Gasteiger partial charge in [0, 0.05) is 41.7 Å². The van der Waals surface area contributed by atoms with Gasteiger partial charge in [0.2, 0.25) is 0 Å². The average molecular weight is 358 g/mol. The number of halogens is 2. The summed E-state index contributed by atoms with van der Waals surface area (Å²) in [7, 11) is 0. The van der Waals surface area contributed by atoms with Crippen molar-refractivity contribution in [3.05, 3.63) is 42.2 Å². The lowest BCUT2D eigenvalue weighted by Gasteiger charge is -2.33. The molecule has 2 saturated heterocycles. The number of hydrogen-bond acceptors (Lipinski definition) is 5. The number of piperazine rings is 1. The van der Waals surface area contributed by atoms with Crippen molar-refractivity contribution in [2.75, 3.05) is 18.0 Å². The third kappa shape index (κ3) is 2.58. The van der Waals surface area contributed by atoms with Crippen LogP contribution < -0.4 is 10.2 Å². The van der Waals surface area contributed by atoms with Crippen LogP contribution >= 0.6 is 11.3 Å². The van der Waals surface area contributed by atoms with Gasteiger partial charge in [-0.15, -0.1) is 11.3 Å². The minimum Gasteiger partial charge on any atom is -0.353 e. The summed E-state index contributed by atoms with van der Waals surface area (Å²) in [5.41, 5.74) is 0.399. The van der Waals surface area contributed by atoms with Crippen LogP contribution in [0.1, 0.15) is 12.8 Å². The van der Waals surface area contributed by atoms with Crippen molar-refractivity contribution < 1.29 is 8.78 Å². The van der Waals surface area contributed by atoms with Gasteiger partial charge < -0.3 is 10.2 Å². The molecule has 128 valence electrons. The van der Waals surface area contributed by atoms with Gasteiger partial charge in [-0.2, -0.15) is 0 Å². The molecular formula is C18H16F2N4S. The summed E-state index contributed by atoms with van der Waals surface area (Å²) in [6.07, 6.45) is 3.97. The summed E-state index contributed by atoms with van der Waals surface area (Å²) in [5, 5.41) is 4.55. The molecule has 2 atom stereocenters. The van der Waals surface area contributed by atoms with Gasteiger partial charge in [0.15, 0.2) is 0 Å². The Kier molecular flexibility index (Phi) is 3.46. The number of nitrogens with one attached hydrogen (secondary N) is 1. The molecule has 1 N–H and O–H groups in total. The number of benzene rings is 1. The third-order valence-corrected chi connectivity index (χ3v) is 6.10. The molecule has 3 aromatic rings. The van der Waals surface area contributed by atoms with Crippen LogP contribution in [-0.4, -0.2) is 35.1 Å². The van der Waals surface area contributed by atoms with Gasteiger partial charge in [0.05, 0.1) is 5.39 Å². The zero-order valence-electron chi connectivity index (χ0n) is 13.4. The van der Waals surface area contributed by atoms with Gasteiger partial charge in [0.1, 0.15) is 28.6 Å². The quantitative estimate of drug-likeness (QED) is 0.760. The molecule has 0 aliphatic carbocycles. The summed E-state index contributed by atoms with van der Waals surface area (Å²) >= 11 is 1.41. The number of thiophene rings is 1. The Morgan fingerprint density at radius 2 is 1.88 bits per heavy atom. The maximum absolute atomic E-state index is 14.1. The lowest BCUT2D eigenvalue weighted by molar-refractivity contribution is 0.464. The molecule has 0 amide bonds. The van der Waals surface area contributed by atoms with Crippen molar-refractivity contribution in [1.29, 1.82) is 0 Å². The van der Waals surface area contributed by atoms with E-state index in [1.807, 2.05) is 6.07 Å². The van der Waals surface area contributed by atoms with E-state index in [2.05, 4.69) is 20.2 Å². The molecule has 4 nitrogen and oxygen atoms in total. The fraction of sp³-hybridized carbons (Fsp3) is 0.333. The predicted molar refractivity (Wildman–Crippen MR) is 94.9 cm³/mol. The Bertz CT molecular complexity index is 945. The van der Waals surface area contributed by atoms with Crippen molar-refractivity contribution in [1.82, 2.24) is 15.3 Å². The highest BCUT2D eigenvalue weighted by Crippen LogP contribution is 2.38. The minimum absolute atomic E-state index is 0.399. The van der Waals surface area contributed by atoms with Crippen LogP contribution in [0, 0.1) is 11.6 Å². The summed E-state index contributed by atoms with van der Waals surface area (Å²) in [6.45, 7) is 1.86. The van der Waals surface area contributed by atoms with Crippen LogP contribution in [0.5, 0.6) is 0 Å². The highest BCUT2D eigenvalue weighted by Gasteiger charge is 2.33. The Labute approximate surface area is 147 Å². The van der Waals surface area contributed by atoms with Gasteiger partial charge in [-0.3, -0.25) is 0 Å². The number of aromatic nitrogens is 2.